The fourth-order valence-corrected chi connectivity index (χ4v) is 3.09. The van der Waals surface area contributed by atoms with Crippen LogP contribution in [0.15, 0.2) is 24.3 Å². The van der Waals surface area contributed by atoms with E-state index >= 15 is 0 Å². The lowest BCUT2D eigenvalue weighted by Gasteiger charge is -2.42. The van der Waals surface area contributed by atoms with Gasteiger partial charge >= 0.3 is 0 Å². The van der Waals surface area contributed by atoms with Gasteiger partial charge in [0.1, 0.15) is 5.82 Å². The molecule has 1 atom stereocenters. The van der Waals surface area contributed by atoms with E-state index in [2.05, 4.69) is 24.1 Å². The van der Waals surface area contributed by atoms with Crippen LogP contribution >= 0.6 is 0 Å². The van der Waals surface area contributed by atoms with Gasteiger partial charge in [-0.25, -0.2) is 4.39 Å². The number of hydrogen-bond donors (Lipinski definition) is 1. The Morgan fingerprint density at radius 2 is 1.94 bits per heavy atom. The fraction of sp³-hybridized carbons (Fsp3) is 0.600. The van der Waals surface area contributed by atoms with E-state index in [1.54, 1.807) is 12.1 Å². The second kappa shape index (κ2) is 5.37. The highest BCUT2D eigenvalue weighted by molar-refractivity contribution is 5.23. The van der Waals surface area contributed by atoms with Gasteiger partial charge in [-0.3, -0.25) is 4.90 Å². The van der Waals surface area contributed by atoms with Gasteiger partial charge in [0.05, 0.1) is 0 Å². The molecule has 18 heavy (non-hydrogen) atoms. The molecule has 1 aromatic carbocycles. The summed E-state index contributed by atoms with van der Waals surface area (Å²) in [5, 5.41) is 3.35. The molecule has 1 saturated heterocycles. The molecule has 0 aromatic heterocycles. The Balaban J connectivity index is 2.26. The lowest BCUT2D eigenvalue weighted by atomic mass is 9.87. The number of rotatable bonds is 4. The highest BCUT2D eigenvalue weighted by Crippen LogP contribution is 2.33. The second-order valence-electron chi connectivity index (χ2n) is 5.62. The fourth-order valence-electron chi connectivity index (χ4n) is 3.09. The molecule has 1 heterocycles. The van der Waals surface area contributed by atoms with Crippen LogP contribution in [0.2, 0.25) is 0 Å². The lowest BCUT2D eigenvalue weighted by Crippen LogP contribution is -2.50. The Morgan fingerprint density at radius 1 is 1.28 bits per heavy atom. The molecule has 100 valence electrons. The van der Waals surface area contributed by atoms with Crippen LogP contribution < -0.4 is 5.32 Å². The largest absolute Gasteiger partial charge is 0.311 e. The molecule has 2 rings (SSSR count). The molecule has 2 nitrogen and oxygen atoms in total. The van der Waals surface area contributed by atoms with Crippen LogP contribution in [0.5, 0.6) is 0 Å². The maximum Gasteiger partial charge on any atom is 0.123 e. The average Bonchev–Trinajstić information content (AvgIpc) is 2.83. The zero-order chi connectivity index (χ0) is 13.2. The number of nitrogens with zero attached hydrogens (tertiary/aromatic N) is 1. The zero-order valence-electron chi connectivity index (χ0n) is 11.5. The molecule has 1 aliphatic heterocycles. The van der Waals surface area contributed by atoms with Crippen molar-refractivity contribution in [3.63, 3.8) is 0 Å². The summed E-state index contributed by atoms with van der Waals surface area (Å²) in [6.45, 7) is 6.76. The van der Waals surface area contributed by atoms with Crippen molar-refractivity contribution in [1.29, 1.82) is 0 Å². The first-order chi connectivity index (χ1) is 8.55. The van der Waals surface area contributed by atoms with Crippen molar-refractivity contribution in [3.05, 3.63) is 35.6 Å². The van der Waals surface area contributed by atoms with E-state index in [1.165, 1.54) is 18.9 Å². The molecule has 0 aliphatic carbocycles. The number of likely N-dealkylation sites (N-methyl/N-ethyl adjacent to an activating group) is 1. The predicted octanol–water partition coefficient (Wildman–Crippen LogP) is 2.96. The third-order valence-electron chi connectivity index (χ3n) is 4.10. The van der Waals surface area contributed by atoms with Crippen molar-refractivity contribution in [1.82, 2.24) is 10.2 Å². The van der Waals surface area contributed by atoms with Gasteiger partial charge in [0.2, 0.25) is 0 Å². The van der Waals surface area contributed by atoms with Crippen LogP contribution in [-0.4, -0.2) is 30.6 Å². The molecule has 0 bridgehead atoms. The van der Waals surface area contributed by atoms with Crippen LogP contribution in [-0.2, 0) is 0 Å². The van der Waals surface area contributed by atoms with Crippen LogP contribution in [0.3, 0.4) is 0 Å². The van der Waals surface area contributed by atoms with E-state index in [4.69, 9.17) is 0 Å². The normalized spacial score (nSPS) is 19.1. The molecular formula is C15H23FN2. The van der Waals surface area contributed by atoms with Gasteiger partial charge < -0.3 is 5.32 Å². The van der Waals surface area contributed by atoms with Crippen LogP contribution in [0.4, 0.5) is 4.39 Å². The van der Waals surface area contributed by atoms with Crippen molar-refractivity contribution < 1.29 is 4.39 Å². The third-order valence-corrected chi connectivity index (χ3v) is 4.10. The lowest BCUT2D eigenvalue weighted by molar-refractivity contribution is 0.110. The molecule has 0 saturated carbocycles. The summed E-state index contributed by atoms with van der Waals surface area (Å²) in [7, 11) is 1.95. The first-order valence-electron chi connectivity index (χ1n) is 6.73. The van der Waals surface area contributed by atoms with E-state index < -0.39 is 0 Å². The SMILES string of the molecule is CNC(c1cccc(F)c1)C(C)(C)N1CCCC1. The molecule has 1 N–H and O–H groups in total. The van der Waals surface area contributed by atoms with Crippen molar-refractivity contribution in [2.45, 2.75) is 38.3 Å². The van der Waals surface area contributed by atoms with Gasteiger partial charge in [-0.15, -0.1) is 0 Å². The standard InChI is InChI=1S/C15H23FN2/c1-15(2,18-9-4-5-10-18)14(17-3)12-7-6-8-13(16)11-12/h6-8,11,14,17H,4-5,9-10H2,1-3H3. The summed E-state index contributed by atoms with van der Waals surface area (Å²) in [6, 6.07) is 7.07. The molecule has 1 fully saturated rings. The smallest absolute Gasteiger partial charge is 0.123 e. The van der Waals surface area contributed by atoms with Crippen molar-refractivity contribution >= 4 is 0 Å². The maximum atomic E-state index is 13.4. The quantitative estimate of drug-likeness (QED) is 0.884. The minimum absolute atomic E-state index is 0.000949. The summed E-state index contributed by atoms with van der Waals surface area (Å²) < 4.78 is 13.4. The Labute approximate surface area is 109 Å². The maximum absolute atomic E-state index is 13.4. The first-order valence-corrected chi connectivity index (χ1v) is 6.73. The van der Waals surface area contributed by atoms with E-state index in [0.717, 1.165) is 18.7 Å². The van der Waals surface area contributed by atoms with Gasteiger partial charge in [0.25, 0.3) is 0 Å². The minimum Gasteiger partial charge on any atom is -0.311 e. The monoisotopic (exact) mass is 250 g/mol. The summed E-state index contributed by atoms with van der Waals surface area (Å²) in [5.74, 6) is -0.162. The first kappa shape index (κ1) is 13.5. The molecular weight excluding hydrogens is 227 g/mol. The topological polar surface area (TPSA) is 15.3 Å². The van der Waals surface area contributed by atoms with Crippen molar-refractivity contribution in [2.24, 2.45) is 0 Å². The number of likely N-dealkylation sites (tertiary alicyclic amines) is 1. The Hall–Kier alpha value is -0.930. The average molecular weight is 250 g/mol. The molecule has 0 amide bonds. The Bertz CT molecular complexity index is 397. The van der Waals surface area contributed by atoms with Gasteiger partial charge in [0, 0.05) is 11.6 Å². The Morgan fingerprint density at radius 3 is 2.50 bits per heavy atom. The molecule has 1 unspecified atom stereocenters. The number of halogens is 1. The zero-order valence-corrected chi connectivity index (χ0v) is 11.5. The van der Waals surface area contributed by atoms with Gasteiger partial charge in [-0.05, 0) is 64.5 Å². The highest BCUT2D eigenvalue weighted by Gasteiger charge is 2.36. The van der Waals surface area contributed by atoms with Crippen LogP contribution in [0, 0.1) is 5.82 Å². The van der Waals surface area contributed by atoms with Crippen LogP contribution in [0.25, 0.3) is 0 Å². The number of hydrogen-bond acceptors (Lipinski definition) is 2. The summed E-state index contributed by atoms with van der Waals surface area (Å²) >= 11 is 0. The molecule has 0 radical (unpaired) electrons. The van der Waals surface area contributed by atoms with Gasteiger partial charge in [0.15, 0.2) is 0 Å². The van der Waals surface area contributed by atoms with Crippen LogP contribution in [0.1, 0.15) is 38.3 Å². The second-order valence-corrected chi connectivity index (χ2v) is 5.62. The van der Waals surface area contributed by atoms with E-state index in [1.807, 2.05) is 13.1 Å². The summed E-state index contributed by atoms with van der Waals surface area (Å²) in [5.41, 5.74) is 1.02. The molecule has 0 spiro atoms. The molecule has 1 aromatic rings. The number of nitrogens with one attached hydrogen (secondary N) is 1. The molecule has 1 aliphatic rings. The predicted molar refractivity (Wildman–Crippen MR) is 73.1 cm³/mol. The van der Waals surface area contributed by atoms with Crippen molar-refractivity contribution in [3.8, 4) is 0 Å². The summed E-state index contributed by atoms with van der Waals surface area (Å²) in [4.78, 5) is 2.50. The highest BCUT2D eigenvalue weighted by atomic mass is 19.1. The van der Waals surface area contributed by atoms with E-state index in [0.29, 0.717) is 0 Å². The van der Waals surface area contributed by atoms with Gasteiger partial charge in [-0.1, -0.05) is 12.1 Å². The van der Waals surface area contributed by atoms with Crippen molar-refractivity contribution in [2.75, 3.05) is 20.1 Å². The number of benzene rings is 1. The van der Waals surface area contributed by atoms with Gasteiger partial charge in [-0.2, -0.15) is 0 Å². The summed E-state index contributed by atoms with van der Waals surface area (Å²) in [6.07, 6.45) is 2.53. The minimum atomic E-state index is -0.162. The Kier molecular flexibility index (Phi) is 4.03. The molecule has 3 heteroatoms. The third kappa shape index (κ3) is 2.57. The van der Waals surface area contributed by atoms with E-state index in [-0.39, 0.29) is 17.4 Å². The van der Waals surface area contributed by atoms with E-state index in [9.17, 15) is 4.39 Å².